The van der Waals surface area contributed by atoms with E-state index in [4.69, 9.17) is 5.11 Å². The van der Waals surface area contributed by atoms with Crippen LogP contribution in [0.4, 0.5) is 0 Å². The molecule has 7 nitrogen and oxygen atoms in total. The molecule has 1 aromatic carbocycles. The van der Waals surface area contributed by atoms with Gasteiger partial charge in [0.1, 0.15) is 11.4 Å². The number of nitrogens with zero attached hydrogens (tertiary/aromatic N) is 5. The largest absolute Gasteiger partial charge is 0.481 e. The van der Waals surface area contributed by atoms with E-state index < -0.39 is 5.97 Å². The molecule has 0 atom stereocenters. The van der Waals surface area contributed by atoms with Gasteiger partial charge >= 0.3 is 5.97 Å². The van der Waals surface area contributed by atoms with E-state index in [1.807, 2.05) is 31.2 Å². The van der Waals surface area contributed by atoms with Crippen molar-refractivity contribution in [2.45, 2.75) is 18.5 Å². The van der Waals surface area contributed by atoms with Gasteiger partial charge in [0.15, 0.2) is 11.2 Å². The fraction of sp³-hybridized carbons (Fsp3) is 0.214. The van der Waals surface area contributed by atoms with E-state index in [-0.39, 0.29) is 5.75 Å². The summed E-state index contributed by atoms with van der Waals surface area (Å²) in [5.41, 5.74) is 3.42. The molecule has 1 N–H and O–H groups in total. The Kier molecular flexibility index (Phi) is 4.01. The maximum absolute atomic E-state index is 10.7. The van der Waals surface area contributed by atoms with Crippen molar-refractivity contribution in [2.75, 3.05) is 5.75 Å². The van der Waals surface area contributed by atoms with Gasteiger partial charge in [0.25, 0.3) is 0 Å². The lowest BCUT2D eigenvalue weighted by Crippen LogP contribution is -2.03. The summed E-state index contributed by atoms with van der Waals surface area (Å²) in [6, 6.07) is 8.14. The smallest absolute Gasteiger partial charge is 0.313 e. The maximum Gasteiger partial charge on any atom is 0.313 e. The van der Waals surface area contributed by atoms with Crippen molar-refractivity contribution >= 4 is 28.9 Å². The topological polar surface area (TPSA) is 93.8 Å². The van der Waals surface area contributed by atoms with Gasteiger partial charge in [-0.3, -0.25) is 4.79 Å². The van der Waals surface area contributed by atoms with Crippen LogP contribution >= 0.6 is 11.8 Å². The number of carboxylic acid groups (broad SMARTS) is 1. The first-order chi connectivity index (χ1) is 10.6. The molecule has 0 unspecified atom stereocenters. The van der Waals surface area contributed by atoms with Crippen molar-refractivity contribution < 1.29 is 9.90 Å². The zero-order valence-electron chi connectivity index (χ0n) is 11.8. The number of hydrogen-bond donors (Lipinski definition) is 1. The molecular formula is C14H13N5O2S. The molecule has 22 heavy (non-hydrogen) atoms. The molecule has 8 heteroatoms. The van der Waals surface area contributed by atoms with E-state index in [0.717, 1.165) is 17.3 Å². The van der Waals surface area contributed by atoms with Crippen LogP contribution in [0.5, 0.6) is 0 Å². The summed E-state index contributed by atoms with van der Waals surface area (Å²) in [4.78, 5) is 19.0. The number of thioether (sulfide) groups is 1. The molecule has 3 aromatic rings. The summed E-state index contributed by atoms with van der Waals surface area (Å²) in [5.74, 6) is -0.972. The molecule has 2 aromatic heterocycles. The number of rotatable bonds is 5. The second kappa shape index (κ2) is 6.10. The van der Waals surface area contributed by atoms with Crippen molar-refractivity contribution in [1.29, 1.82) is 0 Å². The third kappa shape index (κ3) is 3.06. The molecule has 112 valence electrons. The molecule has 0 fully saturated rings. The summed E-state index contributed by atoms with van der Waals surface area (Å²) < 4.78 is 1.69. The average Bonchev–Trinajstić information content (AvgIpc) is 2.91. The minimum Gasteiger partial charge on any atom is -0.481 e. The Labute approximate surface area is 130 Å². The first kappa shape index (κ1) is 14.5. The zero-order valence-corrected chi connectivity index (χ0v) is 12.6. The lowest BCUT2D eigenvalue weighted by Gasteiger charge is -2.03. The summed E-state index contributed by atoms with van der Waals surface area (Å²) in [5, 5.41) is 17.5. The highest BCUT2D eigenvalue weighted by atomic mass is 32.2. The van der Waals surface area contributed by atoms with Gasteiger partial charge in [0.2, 0.25) is 0 Å². The standard InChI is InChI=1S/C14H13N5O2S/c1-9-2-4-10(5-3-9)6-19-13-12(17-18-19)14(16-8-15-13)22-7-11(20)21/h2-5,8H,6-7H2,1H3,(H,20,21). The third-order valence-electron chi connectivity index (χ3n) is 3.05. The van der Waals surface area contributed by atoms with Crippen LogP contribution in [-0.4, -0.2) is 41.8 Å². The summed E-state index contributed by atoms with van der Waals surface area (Å²) in [6.45, 7) is 2.59. The van der Waals surface area contributed by atoms with Crippen LogP contribution in [0.15, 0.2) is 35.6 Å². The van der Waals surface area contributed by atoms with E-state index in [0.29, 0.717) is 22.7 Å². The Hall–Kier alpha value is -2.48. The predicted octanol–water partition coefficient (Wildman–Crippen LogP) is 1.75. The Morgan fingerprint density at radius 2 is 2.05 bits per heavy atom. The van der Waals surface area contributed by atoms with Gasteiger partial charge in [-0.2, -0.15) is 0 Å². The predicted molar refractivity (Wildman–Crippen MR) is 81.8 cm³/mol. The molecular weight excluding hydrogens is 302 g/mol. The van der Waals surface area contributed by atoms with Crippen LogP contribution < -0.4 is 0 Å². The molecule has 0 saturated heterocycles. The van der Waals surface area contributed by atoms with E-state index in [1.165, 1.54) is 11.9 Å². The zero-order chi connectivity index (χ0) is 15.5. The van der Waals surface area contributed by atoms with Crippen LogP contribution in [0.3, 0.4) is 0 Å². The quantitative estimate of drug-likeness (QED) is 0.566. The summed E-state index contributed by atoms with van der Waals surface area (Å²) >= 11 is 1.11. The SMILES string of the molecule is Cc1ccc(Cn2nnc3c(SCC(=O)O)ncnc32)cc1. The molecule has 0 bridgehead atoms. The highest BCUT2D eigenvalue weighted by molar-refractivity contribution is 8.00. The molecule has 0 aliphatic carbocycles. The van der Waals surface area contributed by atoms with Gasteiger partial charge in [-0.25, -0.2) is 14.6 Å². The van der Waals surface area contributed by atoms with Gasteiger partial charge in [-0.15, -0.1) is 5.10 Å². The first-order valence-corrected chi connectivity index (χ1v) is 7.56. The highest BCUT2D eigenvalue weighted by Gasteiger charge is 2.13. The number of aromatic nitrogens is 5. The normalized spacial score (nSPS) is 11.0. The number of benzene rings is 1. The molecule has 0 aliphatic rings. The number of carboxylic acids is 1. The number of carbonyl (C=O) groups is 1. The maximum atomic E-state index is 10.7. The molecule has 3 rings (SSSR count). The van der Waals surface area contributed by atoms with Crippen LogP contribution in [-0.2, 0) is 11.3 Å². The van der Waals surface area contributed by atoms with Crippen LogP contribution in [0, 0.1) is 6.92 Å². The molecule has 0 saturated carbocycles. The van der Waals surface area contributed by atoms with Gasteiger partial charge < -0.3 is 5.11 Å². The van der Waals surface area contributed by atoms with Gasteiger partial charge in [-0.1, -0.05) is 46.8 Å². The highest BCUT2D eigenvalue weighted by Crippen LogP contribution is 2.22. The van der Waals surface area contributed by atoms with E-state index in [1.54, 1.807) is 4.68 Å². The second-order valence-corrected chi connectivity index (χ2v) is 5.73. The summed E-state index contributed by atoms with van der Waals surface area (Å²) in [7, 11) is 0. The van der Waals surface area contributed by atoms with Crippen molar-refractivity contribution in [1.82, 2.24) is 25.0 Å². The second-order valence-electron chi connectivity index (χ2n) is 4.77. The van der Waals surface area contributed by atoms with Gasteiger partial charge in [0.05, 0.1) is 12.3 Å². The Bertz CT molecular complexity index is 816. The number of hydrogen-bond acceptors (Lipinski definition) is 6. The first-order valence-electron chi connectivity index (χ1n) is 6.58. The fourth-order valence-electron chi connectivity index (χ4n) is 1.98. The molecule has 0 aliphatic heterocycles. The van der Waals surface area contributed by atoms with E-state index in [9.17, 15) is 4.79 Å². The molecule has 2 heterocycles. The van der Waals surface area contributed by atoms with Crippen molar-refractivity contribution in [3.8, 4) is 0 Å². The van der Waals surface area contributed by atoms with Crippen molar-refractivity contribution in [3.05, 3.63) is 41.7 Å². The number of fused-ring (bicyclic) bond motifs is 1. The Morgan fingerprint density at radius 1 is 1.27 bits per heavy atom. The fourth-order valence-corrected chi connectivity index (χ4v) is 2.63. The van der Waals surface area contributed by atoms with Crippen molar-refractivity contribution in [2.24, 2.45) is 0 Å². The van der Waals surface area contributed by atoms with Crippen LogP contribution in [0.1, 0.15) is 11.1 Å². The minimum absolute atomic E-state index is 0.0725. The Morgan fingerprint density at radius 3 is 2.77 bits per heavy atom. The van der Waals surface area contributed by atoms with Gasteiger partial charge in [-0.05, 0) is 12.5 Å². The minimum atomic E-state index is -0.899. The van der Waals surface area contributed by atoms with Crippen molar-refractivity contribution in [3.63, 3.8) is 0 Å². The van der Waals surface area contributed by atoms with E-state index in [2.05, 4.69) is 20.3 Å². The molecule has 0 spiro atoms. The Balaban J connectivity index is 1.90. The number of aryl methyl sites for hydroxylation is 1. The number of aliphatic carboxylic acids is 1. The molecule has 0 radical (unpaired) electrons. The van der Waals surface area contributed by atoms with E-state index >= 15 is 0 Å². The van der Waals surface area contributed by atoms with Gasteiger partial charge in [0, 0.05) is 0 Å². The lowest BCUT2D eigenvalue weighted by molar-refractivity contribution is -0.133. The average molecular weight is 315 g/mol. The van der Waals surface area contributed by atoms with Crippen LogP contribution in [0.25, 0.3) is 11.2 Å². The van der Waals surface area contributed by atoms with Crippen LogP contribution in [0.2, 0.25) is 0 Å². The monoisotopic (exact) mass is 315 g/mol. The lowest BCUT2D eigenvalue weighted by atomic mass is 10.1. The molecule has 0 amide bonds. The third-order valence-corrected chi connectivity index (χ3v) is 4.02. The summed E-state index contributed by atoms with van der Waals surface area (Å²) in [6.07, 6.45) is 1.40.